The Morgan fingerprint density at radius 3 is 2.42 bits per heavy atom. The molecule has 1 aromatic carbocycles. The summed E-state index contributed by atoms with van der Waals surface area (Å²) in [6.07, 6.45) is 0. The van der Waals surface area contributed by atoms with Crippen LogP contribution in [0.1, 0.15) is 13.8 Å². The van der Waals surface area contributed by atoms with Gasteiger partial charge in [-0.2, -0.15) is 0 Å². The first-order chi connectivity index (χ1) is 9.17. The number of benzene rings is 1. The fourth-order valence-corrected chi connectivity index (χ4v) is 2.19. The number of likely N-dealkylation sites (N-methyl/N-ethyl adjacent to an activating group) is 1. The van der Waals surface area contributed by atoms with Gasteiger partial charge in [0.1, 0.15) is 18.9 Å². The van der Waals surface area contributed by atoms with Gasteiger partial charge in [-0.05, 0) is 32.0 Å². The summed E-state index contributed by atoms with van der Waals surface area (Å²) >= 11 is 11.8. The van der Waals surface area contributed by atoms with Crippen LogP contribution in [-0.2, 0) is 4.74 Å². The van der Waals surface area contributed by atoms with Gasteiger partial charge < -0.3 is 14.4 Å². The fraction of sp³-hybridized carbons (Fsp3) is 0.571. The Kier molecular flexibility index (Phi) is 8.22. The van der Waals surface area contributed by atoms with Crippen LogP contribution >= 0.6 is 23.2 Å². The van der Waals surface area contributed by atoms with Gasteiger partial charge in [-0.3, -0.25) is 0 Å². The zero-order valence-corrected chi connectivity index (χ0v) is 13.1. The second kappa shape index (κ2) is 9.43. The maximum absolute atomic E-state index is 6.00. The van der Waals surface area contributed by atoms with Gasteiger partial charge in [0.2, 0.25) is 0 Å². The van der Waals surface area contributed by atoms with E-state index in [0.29, 0.717) is 29.0 Å². The Morgan fingerprint density at radius 1 is 1.05 bits per heavy atom. The molecular formula is C14H22Cl2NO2+. The molecule has 0 aliphatic rings. The Morgan fingerprint density at radius 2 is 1.79 bits per heavy atom. The molecule has 0 amide bonds. The normalized spacial score (nSPS) is 11.0. The zero-order chi connectivity index (χ0) is 14.1. The van der Waals surface area contributed by atoms with Crippen LogP contribution in [0.4, 0.5) is 0 Å². The van der Waals surface area contributed by atoms with Gasteiger partial charge in [0.05, 0.1) is 31.3 Å². The molecule has 0 bridgehead atoms. The van der Waals surface area contributed by atoms with Gasteiger partial charge in [-0.1, -0.05) is 23.2 Å². The summed E-state index contributed by atoms with van der Waals surface area (Å²) in [5.41, 5.74) is 0. The van der Waals surface area contributed by atoms with Crippen molar-refractivity contribution in [3.05, 3.63) is 28.2 Å². The van der Waals surface area contributed by atoms with Crippen LogP contribution in [0.2, 0.25) is 10.0 Å². The minimum absolute atomic E-state index is 0.495. The summed E-state index contributed by atoms with van der Waals surface area (Å²) in [7, 11) is 0. The van der Waals surface area contributed by atoms with E-state index in [1.807, 2.05) is 0 Å². The zero-order valence-electron chi connectivity index (χ0n) is 11.5. The lowest BCUT2D eigenvalue weighted by atomic mass is 10.3. The number of rotatable bonds is 9. The lowest BCUT2D eigenvalue weighted by Gasteiger charge is -2.15. The summed E-state index contributed by atoms with van der Waals surface area (Å²) in [6, 6.07) is 5.20. The second-order valence-electron chi connectivity index (χ2n) is 4.24. The van der Waals surface area contributed by atoms with E-state index < -0.39 is 0 Å². The average Bonchev–Trinajstić information content (AvgIpc) is 2.40. The van der Waals surface area contributed by atoms with Gasteiger partial charge in [0.15, 0.2) is 0 Å². The minimum Gasteiger partial charge on any atom is -0.490 e. The van der Waals surface area contributed by atoms with E-state index in [1.54, 1.807) is 23.1 Å². The molecule has 0 spiro atoms. The molecule has 0 aliphatic carbocycles. The number of hydrogen-bond donors (Lipinski definition) is 1. The highest BCUT2D eigenvalue weighted by Crippen LogP contribution is 2.27. The Bertz CT molecular complexity index is 370. The van der Waals surface area contributed by atoms with Crippen LogP contribution in [0.15, 0.2) is 18.2 Å². The number of ether oxygens (including phenoxy) is 2. The summed E-state index contributed by atoms with van der Waals surface area (Å²) in [5, 5.41) is 1.14. The lowest BCUT2D eigenvalue weighted by Crippen LogP contribution is -3.11. The monoisotopic (exact) mass is 306 g/mol. The molecule has 1 N–H and O–H groups in total. The van der Waals surface area contributed by atoms with E-state index >= 15 is 0 Å². The van der Waals surface area contributed by atoms with E-state index in [1.165, 1.54) is 0 Å². The largest absolute Gasteiger partial charge is 0.490 e. The Balaban J connectivity index is 2.14. The van der Waals surface area contributed by atoms with Gasteiger partial charge >= 0.3 is 0 Å². The highest BCUT2D eigenvalue weighted by Gasteiger charge is 2.03. The topological polar surface area (TPSA) is 22.9 Å². The fourth-order valence-electron chi connectivity index (χ4n) is 1.72. The van der Waals surface area contributed by atoms with Crippen LogP contribution in [0.3, 0.4) is 0 Å². The molecule has 1 rings (SSSR count). The van der Waals surface area contributed by atoms with E-state index in [4.69, 9.17) is 32.7 Å². The first kappa shape index (κ1) is 16.6. The van der Waals surface area contributed by atoms with E-state index in [0.717, 1.165) is 26.2 Å². The van der Waals surface area contributed by atoms with Crippen LogP contribution in [0, 0.1) is 0 Å². The maximum atomic E-state index is 6.00. The summed E-state index contributed by atoms with van der Waals surface area (Å²) in [5.74, 6) is 0.643. The highest BCUT2D eigenvalue weighted by atomic mass is 35.5. The number of quaternary nitrogens is 1. The van der Waals surface area contributed by atoms with Crippen molar-refractivity contribution in [1.82, 2.24) is 0 Å². The third kappa shape index (κ3) is 6.48. The third-order valence-corrected chi connectivity index (χ3v) is 3.51. The van der Waals surface area contributed by atoms with Crippen molar-refractivity contribution in [3.63, 3.8) is 0 Å². The lowest BCUT2D eigenvalue weighted by molar-refractivity contribution is -0.896. The maximum Gasteiger partial charge on any atom is 0.138 e. The number of nitrogens with one attached hydrogen (secondary N) is 1. The van der Waals surface area contributed by atoms with Gasteiger partial charge in [-0.25, -0.2) is 0 Å². The highest BCUT2D eigenvalue weighted by molar-refractivity contribution is 6.35. The molecule has 0 atom stereocenters. The van der Waals surface area contributed by atoms with E-state index in [2.05, 4.69) is 13.8 Å². The van der Waals surface area contributed by atoms with Crippen LogP contribution in [0.25, 0.3) is 0 Å². The molecule has 3 nitrogen and oxygen atoms in total. The molecule has 0 radical (unpaired) electrons. The molecule has 0 aliphatic heterocycles. The quantitative estimate of drug-likeness (QED) is 0.708. The average molecular weight is 307 g/mol. The second-order valence-corrected chi connectivity index (χ2v) is 5.09. The first-order valence-electron chi connectivity index (χ1n) is 6.66. The Labute approximate surface area is 125 Å². The summed E-state index contributed by atoms with van der Waals surface area (Å²) < 4.78 is 11.1. The number of hydrogen-bond acceptors (Lipinski definition) is 2. The standard InChI is InChI=1S/C14H21Cl2NO2/c1-3-17(4-2)7-8-18-9-10-19-14-6-5-12(15)11-13(14)16/h5-6,11H,3-4,7-10H2,1-2H3/p+1. The predicted octanol–water partition coefficient (Wildman–Crippen LogP) is 2.31. The SMILES string of the molecule is CC[NH+](CC)CCOCCOc1ccc(Cl)cc1Cl. The molecule has 108 valence electrons. The molecule has 19 heavy (non-hydrogen) atoms. The van der Waals surface area contributed by atoms with Crippen molar-refractivity contribution in [1.29, 1.82) is 0 Å². The first-order valence-corrected chi connectivity index (χ1v) is 7.42. The molecule has 0 heterocycles. The van der Waals surface area contributed by atoms with Crippen molar-refractivity contribution >= 4 is 23.2 Å². The molecule has 1 aromatic rings. The predicted molar refractivity (Wildman–Crippen MR) is 79.7 cm³/mol. The molecule has 0 saturated carbocycles. The van der Waals surface area contributed by atoms with Gasteiger partial charge in [0, 0.05) is 5.02 Å². The molecule has 5 heteroatoms. The van der Waals surface area contributed by atoms with Crippen LogP contribution in [-0.4, -0.2) is 39.5 Å². The van der Waals surface area contributed by atoms with Gasteiger partial charge in [0.25, 0.3) is 0 Å². The van der Waals surface area contributed by atoms with Crippen molar-refractivity contribution in [2.75, 3.05) is 39.5 Å². The summed E-state index contributed by atoms with van der Waals surface area (Å²) in [6.45, 7) is 9.50. The van der Waals surface area contributed by atoms with Crippen molar-refractivity contribution in [3.8, 4) is 5.75 Å². The summed E-state index contributed by atoms with van der Waals surface area (Å²) in [4.78, 5) is 1.54. The van der Waals surface area contributed by atoms with Crippen LogP contribution < -0.4 is 9.64 Å². The van der Waals surface area contributed by atoms with Gasteiger partial charge in [-0.15, -0.1) is 0 Å². The molecule has 0 aromatic heterocycles. The molecular weight excluding hydrogens is 285 g/mol. The molecule has 0 fully saturated rings. The van der Waals surface area contributed by atoms with Crippen molar-refractivity contribution in [2.45, 2.75) is 13.8 Å². The Hall–Kier alpha value is -0.480. The van der Waals surface area contributed by atoms with Crippen molar-refractivity contribution < 1.29 is 14.4 Å². The molecule has 0 saturated heterocycles. The van der Waals surface area contributed by atoms with Crippen molar-refractivity contribution in [2.24, 2.45) is 0 Å². The number of halogens is 2. The van der Waals surface area contributed by atoms with E-state index in [9.17, 15) is 0 Å². The molecule has 0 unspecified atom stereocenters. The third-order valence-electron chi connectivity index (χ3n) is 2.98. The van der Waals surface area contributed by atoms with Crippen LogP contribution in [0.5, 0.6) is 5.75 Å². The minimum atomic E-state index is 0.495. The smallest absolute Gasteiger partial charge is 0.138 e. The van der Waals surface area contributed by atoms with E-state index in [-0.39, 0.29) is 0 Å².